The minimum atomic E-state index is -0.354. The van der Waals surface area contributed by atoms with E-state index in [0.29, 0.717) is 32.8 Å². The summed E-state index contributed by atoms with van der Waals surface area (Å²) in [6.07, 6.45) is 3.54. The van der Waals surface area contributed by atoms with E-state index in [2.05, 4.69) is 25.3 Å². The van der Waals surface area contributed by atoms with Gasteiger partial charge in [-0.2, -0.15) is 5.10 Å². The molecule has 1 atom stereocenters. The van der Waals surface area contributed by atoms with Crippen LogP contribution in [0, 0.1) is 5.92 Å². The molecule has 166 valence electrons. The standard InChI is InChI=1S/C22H25N7O3/c30-19-12-16(14-28(19)17-4-2-1-3-5-17)22(31)23-6-7-29-21-18(13-26-29)20(24-15-25-21)27-8-10-32-11-9-27/h1-5,13,15-16H,6-12,14H2,(H,23,31). The maximum atomic E-state index is 12.7. The summed E-state index contributed by atoms with van der Waals surface area (Å²) in [5.41, 5.74) is 1.56. The van der Waals surface area contributed by atoms with Crippen LogP contribution in [0.4, 0.5) is 11.5 Å². The molecule has 2 fully saturated rings. The average molecular weight is 435 g/mol. The quantitative estimate of drug-likeness (QED) is 0.611. The number of fused-ring (bicyclic) bond motifs is 1. The molecule has 10 nitrogen and oxygen atoms in total. The van der Waals surface area contributed by atoms with Crippen molar-refractivity contribution in [3.05, 3.63) is 42.9 Å². The molecule has 0 bridgehead atoms. The first-order chi connectivity index (χ1) is 15.7. The Morgan fingerprint density at radius 1 is 1.16 bits per heavy atom. The molecule has 4 heterocycles. The summed E-state index contributed by atoms with van der Waals surface area (Å²) in [4.78, 5) is 37.7. The van der Waals surface area contributed by atoms with Crippen molar-refractivity contribution in [1.29, 1.82) is 0 Å². The largest absolute Gasteiger partial charge is 0.378 e. The molecule has 2 amide bonds. The Kier molecular flexibility index (Phi) is 5.68. The van der Waals surface area contributed by atoms with Gasteiger partial charge in [0.15, 0.2) is 5.65 Å². The highest BCUT2D eigenvalue weighted by Gasteiger charge is 2.34. The van der Waals surface area contributed by atoms with Gasteiger partial charge in [0.1, 0.15) is 12.1 Å². The lowest BCUT2D eigenvalue weighted by molar-refractivity contribution is -0.126. The van der Waals surface area contributed by atoms with Crippen LogP contribution in [0.3, 0.4) is 0 Å². The summed E-state index contributed by atoms with van der Waals surface area (Å²) < 4.78 is 7.20. The highest BCUT2D eigenvalue weighted by molar-refractivity contribution is 6.00. The predicted octanol–water partition coefficient (Wildman–Crippen LogP) is 0.832. The Hall–Kier alpha value is -3.53. The molecule has 32 heavy (non-hydrogen) atoms. The third-order valence-corrected chi connectivity index (χ3v) is 5.91. The van der Waals surface area contributed by atoms with Crippen LogP contribution in [0.15, 0.2) is 42.9 Å². The van der Waals surface area contributed by atoms with E-state index in [0.717, 1.165) is 35.6 Å². The van der Waals surface area contributed by atoms with Crippen molar-refractivity contribution >= 4 is 34.4 Å². The van der Waals surface area contributed by atoms with Gasteiger partial charge in [-0.1, -0.05) is 18.2 Å². The number of nitrogens with zero attached hydrogens (tertiary/aromatic N) is 6. The Morgan fingerprint density at radius 3 is 2.78 bits per heavy atom. The number of hydrogen-bond donors (Lipinski definition) is 1. The van der Waals surface area contributed by atoms with Crippen molar-refractivity contribution < 1.29 is 14.3 Å². The van der Waals surface area contributed by atoms with Gasteiger partial charge in [0, 0.05) is 38.3 Å². The number of ether oxygens (including phenoxy) is 1. The first-order valence-corrected chi connectivity index (χ1v) is 10.8. The van der Waals surface area contributed by atoms with Crippen LogP contribution < -0.4 is 15.1 Å². The first kappa shape index (κ1) is 20.4. The lowest BCUT2D eigenvalue weighted by Gasteiger charge is -2.27. The summed E-state index contributed by atoms with van der Waals surface area (Å²) in [5.74, 6) is 0.366. The number of benzene rings is 1. The lowest BCUT2D eigenvalue weighted by Crippen LogP contribution is -2.36. The smallest absolute Gasteiger partial charge is 0.227 e. The Balaban J connectivity index is 1.19. The summed E-state index contributed by atoms with van der Waals surface area (Å²) in [7, 11) is 0. The molecule has 2 aliphatic rings. The van der Waals surface area contributed by atoms with Crippen LogP contribution in [0.1, 0.15) is 6.42 Å². The molecule has 0 spiro atoms. The zero-order valence-electron chi connectivity index (χ0n) is 17.7. The van der Waals surface area contributed by atoms with Gasteiger partial charge in [-0.3, -0.25) is 9.59 Å². The number of carbonyl (C=O) groups excluding carboxylic acids is 2. The second-order valence-corrected chi connectivity index (χ2v) is 7.93. The van der Waals surface area contributed by atoms with Gasteiger partial charge in [-0.25, -0.2) is 14.6 Å². The fourth-order valence-corrected chi connectivity index (χ4v) is 4.24. The summed E-state index contributed by atoms with van der Waals surface area (Å²) in [5, 5.41) is 8.29. The maximum Gasteiger partial charge on any atom is 0.227 e. The maximum absolute atomic E-state index is 12.7. The molecule has 0 radical (unpaired) electrons. The third-order valence-electron chi connectivity index (χ3n) is 5.91. The fourth-order valence-electron chi connectivity index (χ4n) is 4.24. The van der Waals surface area contributed by atoms with Gasteiger partial charge >= 0.3 is 0 Å². The summed E-state index contributed by atoms with van der Waals surface area (Å²) in [6, 6.07) is 9.45. The van der Waals surface area contributed by atoms with Gasteiger partial charge in [0.2, 0.25) is 11.8 Å². The van der Waals surface area contributed by atoms with Crippen molar-refractivity contribution in [3.63, 3.8) is 0 Å². The number of amides is 2. The molecule has 0 saturated carbocycles. The third kappa shape index (κ3) is 4.01. The van der Waals surface area contributed by atoms with Crippen molar-refractivity contribution in [2.24, 2.45) is 5.92 Å². The number of para-hydroxylation sites is 1. The average Bonchev–Trinajstić information content (AvgIpc) is 3.44. The first-order valence-electron chi connectivity index (χ1n) is 10.8. The second kappa shape index (κ2) is 8.91. The van der Waals surface area contributed by atoms with Gasteiger partial charge in [0.05, 0.1) is 37.3 Å². The van der Waals surface area contributed by atoms with Gasteiger partial charge < -0.3 is 19.9 Å². The van der Waals surface area contributed by atoms with E-state index in [1.165, 1.54) is 0 Å². The van der Waals surface area contributed by atoms with Crippen LogP contribution in [-0.4, -0.2) is 71.0 Å². The molecule has 5 rings (SSSR count). The van der Waals surface area contributed by atoms with Crippen LogP contribution in [0.2, 0.25) is 0 Å². The zero-order valence-corrected chi connectivity index (χ0v) is 17.7. The fraction of sp³-hybridized carbons (Fsp3) is 0.409. The van der Waals surface area contributed by atoms with Gasteiger partial charge in [-0.05, 0) is 12.1 Å². The predicted molar refractivity (Wildman–Crippen MR) is 118 cm³/mol. The van der Waals surface area contributed by atoms with E-state index < -0.39 is 0 Å². The number of morpholine rings is 1. The van der Waals surface area contributed by atoms with E-state index in [4.69, 9.17) is 4.74 Å². The Bertz CT molecular complexity index is 1110. The van der Waals surface area contributed by atoms with Crippen LogP contribution in [-0.2, 0) is 20.9 Å². The van der Waals surface area contributed by atoms with Crippen LogP contribution in [0.5, 0.6) is 0 Å². The molecular formula is C22H25N7O3. The normalized spacial score (nSPS) is 19.0. The van der Waals surface area contributed by atoms with E-state index in [1.807, 2.05) is 30.3 Å². The minimum Gasteiger partial charge on any atom is -0.378 e. The van der Waals surface area contributed by atoms with Crippen molar-refractivity contribution in [2.45, 2.75) is 13.0 Å². The molecule has 1 aromatic carbocycles. The Labute approximate surface area is 185 Å². The summed E-state index contributed by atoms with van der Waals surface area (Å²) >= 11 is 0. The monoisotopic (exact) mass is 435 g/mol. The molecule has 2 aromatic heterocycles. The molecule has 2 saturated heterocycles. The number of anilines is 2. The van der Waals surface area contributed by atoms with Crippen molar-refractivity contribution in [3.8, 4) is 0 Å². The van der Waals surface area contributed by atoms with Gasteiger partial charge in [-0.15, -0.1) is 0 Å². The lowest BCUT2D eigenvalue weighted by atomic mass is 10.1. The van der Waals surface area contributed by atoms with Crippen molar-refractivity contribution in [1.82, 2.24) is 25.1 Å². The van der Waals surface area contributed by atoms with Gasteiger partial charge in [0.25, 0.3) is 0 Å². The molecule has 3 aromatic rings. The minimum absolute atomic E-state index is 0.0261. The summed E-state index contributed by atoms with van der Waals surface area (Å²) in [6.45, 7) is 4.21. The molecule has 1 N–H and O–H groups in total. The molecular weight excluding hydrogens is 410 g/mol. The molecule has 0 aliphatic carbocycles. The number of nitrogens with one attached hydrogen (secondary N) is 1. The molecule has 10 heteroatoms. The van der Waals surface area contributed by atoms with E-state index in [1.54, 1.807) is 22.1 Å². The number of hydrogen-bond acceptors (Lipinski definition) is 7. The van der Waals surface area contributed by atoms with Crippen LogP contribution >= 0.6 is 0 Å². The topological polar surface area (TPSA) is 105 Å². The van der Waals surface area contributed by atoms with Crippen LogP contribution in [0.25, 0.3) is 11.0 Å². The number of aromatic nitrogens is 4. The number of rotatable bonds is 6. The molecule has 2 aliphatic heterocycles. The van der Waals surface area contributed by atoms with E-state index >= 15 is 0 Å². The SMILES string of the molecule is O=C(NCCn1ncc2c(N3CCOCC3)ncnc21)C1CC(=O)N(c2ccccc2)C1. The Morgan fingerprint density at radius 2 is 1.97 bits per heavy atom. The van der Waals surface area contributed by atoms with Crippen molar-refractivity contribution in [2.75, 3.05) is 49.2 Å². The highest BCUT2D eigenvalue weighted by Crippen LogP contribution is 2.25. The number of carbonyl (C=O) groups is 2. The highest BCUT2D eigenvalue weighted by atomic mass is 16.5. The molecule has 1 unspecified atom stereocenters. The van der Waals surface area contributed by atoms with E-state index in [9.17, 15) is 9.59 Å². The second-order valence-electron chi connectivity index (χ2n) is 7.93. The zero-order chi connectivity index (χ0) is 21.9. The van der Waals surface area contributed by atoms with E-state index in [-0.39, 0.29) is 24.2 Å².